The van der Waals surface area contributed by atoms with E-state index in [9.17, 15) is 13.2 Å². The molecular formula is C28H29N5O5S2. The number of anilines is 1. The van der Waals surface area contributed by atoms with Gasteiger partial charge in [-0.15, -0.1) is 10.2 Å². The molecule has 2 heterocycles. The summed E-state index contributed by atoms with van der Waals surface area (Å²) in [5, 5.41) is 12.1. The Hall–Kier alpha value is -3.87. The van der Waals surface area contributed by atoms with Crippen LogP contribution in [0, 0.1) is 0 Å². The summed E-state index contributed by atoms with van der Waals surface area (Å²) >= 11 is 1.22. The summed E-state index contributed by atoms with van der Waals surface area (Å²) in [4.78, 5) is 13.1. The lowest BCUT2D eigenvalue weighted by Crippen LogP contribution is -2.27. The van der Waals surface area contributed by atoms with Crippen LogP contribution < -0.4 is 14.8 Å². The van der Waals surface area contributed by atoms with Crippen molar-refractivity contribution in [2.75, 3.05) is 38.4 Å². The number of amides is 1. The zero-order valence-electron chi connectivity index (χ0n) is 22.1. The third kappa shape index (κ3) is 5.98. The molecule has 0 saturated carbocycles. The first-order valence-electron chi connectivity index (χ1n) is 12.7. The fraction of sp³-hybridized carbons (Fsp3) is 0.250. The number of hydrogen-bond donors (Lipinski definition) is 1. The Bertz CT molecular complexity index is 1580. The van der Waals surface area contributed by atoms with Gasteiger partial charge < -0.3 is 14.8 Å². The topological polar surface area (TPSA) is 116 Å². The van der Waals surface area contributed by atoms with Gasteiger partial charge in [-0.25, -0.2) is 8.42 Å². The molecule has 1 aromatic heterocycles. The van der Waals surface area contributed by atoms with Gasteiger partial charge in [-0.3, -0.25) is 9.36 Å². The highest BCUT2D eigenvalue weighted by Crippen LogP contribution is 2.31. The van der Waals surface area contributed by atoms with E-state index in [-0.39, 0.29) is 16.6 Å². The van der Waals surface area contributed by atoms with Gasteiger partial charge in [0.25, 0.3) is 0 Å². The summed E-state index contributed by atoms with van der Waals surface area (Å²) < 4.78 is 40.3. The molecule has 0 atom stereocenters. The molecule has 1 saturated heterocycles. The lowest BCUT2D eigenvalue weighted by atomic mass is 10.2. The van der Waals surface area contributed by atoms with Crippen LogP contribution in [0.5, 0.6) is 11.5 Å². The van der Waals surface area contributed by atoms with Gasteiger partial charge in [0.2, 0.25) is 15.9 Å². The minimum Gasteiger partial charge on any atom is -0.497 e. The third-order valence-corrected chi connectivity index (χ3v) is 9.23. The number of hydrogen-bond acceptors (Lipinski definition) is 8. The third-order valence-electron chi connectivity index (χ3n) is 6.41. The van der Waals surface area contributed by atoms with E-state index in [0.29, 0.717) is 46.8 Å². The summed E-state index contributed by atoms with van der Waals surface area (Å²) in [5.41, 5.74) is 1.94. The van der Waals surface area contributed by atoms with E-state index in [1.165, 1.54) is 16.1 Å². The summed E-state index contributed by atoms with van der Waals surface area (Å²) in [6, 6.07) is 21.4. The van der Waals surface area contributed by atoms with Crippen molar-refractivity contribution in [1.82, 2.24) is 19.1 Å². The maximum atomic E-state index is 13.2. The molecule has 1 N–H and O–H groups in total. The molecular weight excluding hydrogens is 550 g/mol. The van der Waals surface area contributed by atoms with Crippen LogP contribution in [0.1, 0.15) is 12.8 Å². The van der Waals surface area contributed by atoms with Gasteiger partial charge in [-0.2, -0.15) is 4.31 Å². The van der Waals surface area contributed by atoms with Crippen LogP contribution >= 0.6 is 11.8 Å². The number of methoxy groups -OCH3 is 2. The molecule has 1 fully saturated rings. The zero-order chi connectivity index (χ0) is 28.1. The van der Waals surface area contributed by atoms with Gasteiger partial charge in [0.15, 0.2) is 11.0 Å². The highest BCUT2D eigenvalue weighted by molar-refractivity contribution is 7.99. The Balaban J connectivity index is 1.42. The monoisotopic (exact) mass is 579 g/mol. The van der Waals surface area contributed by atoms with Crippen LogP contribution in [0.3, 0.4) is 0 Å². The summed E-state index contributed by atoms with van der Waals surface area (Å²) in [7, 11) is -0.515. The molecule has 0 spiro atoms. The van der Waals surface area contributed by atoms with Crippen molar-refractivity contribution in [3.05, 3.63) is 72.8 Å². The zero-order valence-corrected chi connectivity index (χ0v) is 23.7. The minimum atomic E-state index is -3.60. The van der Waals surface area contributed by atoms with Crippen molar-refractivity contribution < 1.29 is 22.7 Å². The van der Waals surface area contributed by atoms with Gasteiger partial charge >= 0.3 is 0 Å². The van der Waals surface area contributed by atoms with Crippen molar-refractivity contribution in [1.29, 1.82) is 0 Å². The van der Waals surface area contributed by atoms with Gasteiger partial charge in [0.05, 0.1) is 24.9 Å². The molecule has 0 bridgehead atoms. The molecule has 1 aliphatic rings. The largest absolute Gasteiger partial charge is 0.497 e. The number of aromatic nitrogens is 3. The Kier molecular flexibility index (Phi) is 8.38. The van der Waals surface area contributed by atoms with Crippen molar-refractivity contribution in [2.24, 2.45) is 0 Å². The van der Waals surface area contributed by atoms with Gasteiger partial charge in [-0.05, 0) is 37.1 Å². The molecule has 0 aliphatic carbocycles. The predicted molar refractivity (Wildman–Crippen MR) is 154 cm³/mol. The standard InChI is InChI=1S/C28H29N5O5S2/c1-37-23-16-21(17-24(18-23)38-2)29-26(34)19-39-28-31-30-27(33(28)22-10-4-3-5-11-22)20-9-8-12-25(15-20)40(35,36)32-13-6-7-14-32/h3-5,8-12,15-18H,6-7,13-14,19H2,1-2H3,(H,29,34). The number of para-hydroxylation sites is 1. The second kappa shape index (κ2) is 12.1. The molecule has 10 nitrogen and oxygen atoms in total. The number of benzene rings is 3. The van der Waals surface area contributed by atoms with Crippen molar-refractivity contribution in [3.8, 4) is 28.6 Å². The molecule has 5 rings (SSSR count). The first-order chi connectivity index (χ1) is 19.4. The van der Waals surface area contributed by atoms with E-state index in [0.717, 1.165) is 18.5 Å². The van der Waals surface area contributed by atoms with E-state index in [2.05, 4.69) is 15.5 Å². The van der Waals surface area contributed by atoms with E-state index in [1.54, 1.807) is 50.6 Å². The van der Waals surface area contributed by atoms with E-state index >= 15 is 0 Å². The first-order valence-corrected chi connectivity index (χ1v) is 15.1. The quantitative estimate of drug-likeness (QED) is 0.274. The molecule has 40 heavy (non-hydrogen) atoms. The second-order valence-corrected chi connectivity index (χ2v) is 11.9. The van der Waals surface area contributed by atoms with E-state index in [4.69, 9.17) is 9.47 Å². The number of rotatable bonds is 10. The number of nitrogens with one attached hydrogen (secondary N) is 1. The van der Waals surface area contributed by atoms with E-state index in [1.807, 2.05) is 41.0 Å². The highest BCUT2D eigenvalue weighted by atomic mass is 32.2. The molecule has 1 aliphatic heterocycles. The minimum absolute atomic E-state index is 0.0634. The fourth-order valence-electron chi connectivity index (χ4n) is 4.44. The van der Waals surface area contributed by atoms with Gasteiger partial charge in [0.1, 0.15) is 11.5 Å². The summed E-state index contributed by atoms with van der Waals surface area (Å²) in [6.45, 7) is 1.05. The molecule has 1 amide bonds. The average molecular weight is 580 g/mol. The normalized spacial score (nSPS) is 13.8. The average Bonchev–Trinajstić information content (AvgIpc) is 3.68. The number of thioether (sulfide) groups is 1. The van der Waals surface area contributed by atoms with Crippen molar-refractivity contribution >= 4 is 33.4 Å². The molecule has 208 valence electrons. The van der Waals surface area contributed by atoms with Crippen LogP contribution in [0.25, 0.3) is 17.1 Å². The first kappa shape index (κ1) is 27.7. The second-order valence-electron chi connectivity index (χ2n) is 9.05. The number of ether oxygens (including phenoxy) is 2. The Morgan fingerprint density at radius 2 is 1.62 bits per heavy atom. The highest BCUT2D eigenvalue weighted by Gasteiger charge is 2.28. The lowest BCUT2D eigenvalue weighted by molar-refractivity contribution is -0.113. The maximum Gasteiger partial charge on any atom is 0.243 e. The number of carbonyl (C=O) groups is 1. The smallest absolute Gasteiger partial charge is 0.243 e. The maximum absolute atomic E-state index is 13.2. The van der Waals surface area contributed by atoms with Crippen LogP contribution in [0.2, 0.25) is 0 Å². The van der Waals surface area contributed by atoms with Crippen molar-refractivity contribution in [3.63, 3.8) is 0 Å². The van der Waals surface area contributed by atoms with Crippen LogP contribution in [0.4, 0.5) is 5.69 Å². The summed E-state index contributed by atoms with van der Waals surface area (Å²) in [5.74, 6) is 1.41. The Morgan fingerprint density at radius 3 is 2.30 bits per heavy atom. The number of nitrogens with zero attached hydrogens (tertiary/aromatic N) is 4. The molecule has 0 unspecified atom stereocenters. The lowest BCUT2D eigenvalue weighted by Gasteiger charge is -2.16. The number of carbonyl (C=O) groups excluding carboxylic acids is 1. The molecule has 3 aromatic carbocycles. The van der Waals surface area contributed by atoms with E-state index < -0.39 is 10.0 Å². The Morgan fingerprint density at radius 1 is 0.925 bits per heavy atom. The fourth-order valence-corrected chi connectivity index (χ4v) is 6.76. The molecule has 4 aromatic rings. The van der Waals surface area contributed by atoms with Gasteiger partial charge in [0, 0.05) is 48.2 Å². The number of sulfonamides is 1. The predicted octanol–water partition coefficient (Wildman–Crippen LogP) is 4.47. The van der Waals surface area contributed by atoms with Crippen LogP contribution in [0.15, 0.2) is 82.8 Å². The molecule has 0 radical (unpaired) electrons. The van der Waals surface area contributed by atoms with Crippen molar-refractivity contribution in [2.45, 2.75) is 22.9 Å². The van der Waals surface area contributed by atoms with Crippen LogP contribution in [-0.2, 0) is 14.8 Å². The molecule has 12 heteroatoms. The van der Waals surface area contributed by atoms with Crippen LogP contribution in [-0.4, -0.2) is 66.5 Å². The summed E-state index contributed by atoms with van der Waals surface area (Å²) in [6.07, 6.45) is 1.72. The van der Waals surface area contributed by atoms with Gasteiger partial charge in [-0.1, -0.05) is 42.1 Å². The SMILES string of the molecule is COc1cc(NC(=O)CSc2nnc(-c3cccc(S(=O)(=O)N4CCCC4)c3)n2-c2ccccc2)cc(OC)c1. The Labute approximate surface area is 237 Å².